The summed E-state index contributed by atoms with van der Waals surface area (Å²) in [6, 6.07) is 3.54. The van der Waals surface area contributed by atoms with Crippen LogP contribution in [0.25, 0.3) is 0 Å². The van der Waals surface area contributed by atoms with Crippen molar-refractivity contribution in [2.75, 3.05) is 63.8 Å². The molecule has 14 nitrogen and oxygen atoms in total. The lowest BCUT2D eigenvalue weighted by atomic mass is 9.71. The van der Waals surface area contributed by atoms with E-state index in [1.165, 1.54) is 24.5 Å². The van der Waals surface area contributed by atoms with Gasteiger partial charge in [0.1, 0.15) is 23.5 Å². The quantitative estimate of drug-likeness (QED) is 0.299. The fourth-order valence-electron chi connectivity index (χ4n) is 9.75. The molecule has 0 unspecified atom stereocenters. The molecule has 5 aliphatic heterocycles. The van der Waals surface area contributed by atoms with Crippen molar-refractivity contribution in [3.05, 3.63) is 42.1 Å². The molecule has 0 radical (unpaired) electrons. The molecule has 2 aromatic rings. The highest BCUT2D eigenvalue weighted by atomic mass is 32.2. The highest BCUT2D eigenvalue weighted by Crippen LogP contribution is 2.44. The molecule has 0 N–H and O–H groups in total. The molecule has 57 heavy (non-hydrogen) atoms. The van der Waals surface area contributed by atoms with Crippen molar-refractivity contribution < 1.29 is 31.9 Å². The van der Waals surface area contributed by atoms with E-state index in [0.717, 1.165) is 64.8 Å². The summed E-state index contributed by atoms with van der Waals surface area (Å²) in [6.45, 7) is 19.6. The Kier molecular flexibility index (Phi) is 11.8. The third kappa shape index (κ3) is 8.88. The highest BCUT2D eigenvalue weighted by Gasteiger charge is 2.53. The van der Waals surface area contributed by atoms with Crippen LogP contribution in [0.4, 0.5) is 15.0 Å². The Morgan fingerprint density at radius 1 is 0.947 bits per heavy atom. The molecule has 2 amide bonds. The Morgan fingerprint density at radius 3 is 2.26 bits per heavy atom. The Hall–Kier alpha value is -3.60. The smallest absolute Gasteiger partial charge is 0.410 e. The van der Waals surface area contributed by atoms with E-state index >= 15 is 0 Å². The van der Waals surface area contributed by atoms with Crippen molar-refractivity contribution in [2.24, 2.45) is 11.3 Å². The number of piperidine rings is 2. The number of benzene rings is 1. The number of amides is 2. The Morgan fingerprint density at radius 2 is 1.63 bits per heavy atom. The largest absolute Gasteiger partial charge is 0.451 e. The van der Waals surface area contributed by atoms with Gasteiger partial charge in [0.05, 0.1) is 17.8 Å². The minimum Gasteiger partial charge on any atom is -0.451 e. The lowest BCUT2D eigenvalue weighted by Gasteiger charge is -2.47. The molecular formula is C41H61FN8O6S. The molecular weight excluding hydrogens is 752 g/mol. The first-order valence-corrected chi connectivity index (χ1v) is 22.2. The maximum atomic E-state index is 14.5. The number of nitrogens with zero attached hydrogens (tertiary/aromatic N) is 8. The highest BCUT2D eigenvalue weighted by molar-refractivity contribution is 7.86. The monoisotopic (exact) mass is 812 g/mol. The van der Waals surface area contributed by atoms with Crippen molar-refractivity contribution in [3.8, 4) is 11.5 Å². The number of piperazine rings is 1. The summed E-state index contributed by atoms with van der Waals surface area (Å²) in [7, 11) is -3.60. The van der Waals surface area contributed by atoms with Crippen molar-refractivity contribution >= 4 is 28.0 Å². The molecule has 0 saturated carbocycles. The van der Waals surface area contributed by atoms with Gasteiger partial charge >= 0.3 is 6.09 Å². The molecule has 7 rings (SSSR count). The summed E-state index contributed by atoms with van der Waals surface area (Å²) in [6.07, 6.45) is 8.27. The number of anilines is 1. The van der Waals surface area contributed by atoms with Gasteiger partial charge in [0.2, 0.25) is 0 Å². The van der Waals surface area contributed by atoms with Gasteiger partial charge in [0.15, 0.2) is 11.6 Å². The summed E-state index contributed by atoms with van der Waals surface area (Å²) in [5.41, 5.74) is -0.264. The second-order valence-corrected chi connectivity index (χ2v) is 20.3. The molecule has 5 fully saturated rings. The van der Waals surface area contributed by atoms with Crippen LogP contribution >= 0.6 is 0 Å². The number of rotatable bonds is 10. The van der Waals surface area contributed by atoms with Gasteiger partial charge in [-0.1, -0.05) is 0 Å². The Balaban J connectivity index is 0.900. The number of fused-ring (bicyclic) bond motifs is 2. The van der Waals surface area contributed by atoms with Crippen LogP contribution in [0, 0.1) is 17.2 Å². The van der Waals surface area contributed by atoms with Gasteiger partial charge in [-0.15, -0.1) is 0 Å². The van der Waals surface area contributed by atoms with Crippen LogP contribution in [0.2, 0.25) is 0 Å². The molecule has 6 heterocycles. The van der Waals surface area contributed by atoms with Crippen LogP contribution in [-0.2, 0) is 14.9 Å². The summed E-state index contributed by atoms with van der Waals surface area (Å²) < 4.78 is 57.3. The summed E-state index contributed by atoms with van der Waals surface area (Å²) in [5.74, 6) is 0.974. The SMILES string of the molecule is CC(C)N(C(=O)c1cc(F)ccc1Oc1cncnc1N1CC[C@@H](CN2CCC3(CC2)CCN(S(=O)(=O)N2C[C@H]4C[C@@H]2CN4C(=O)OC(C)(C)C)CC3)C1)C(C)C. The summed E-state index contributed by atoms with van der Waals surface area (Å²) in [5, 5.41) is 0. The van der Waals surface area contributed by atoms with Gasteiger partial charge in [-0.05, 0) is 130 Å². The van der Waals surface area contributed by atoms with Crippen molar-refractivity contribution in [2.45, 2.75) is 117 Å². The maximum absolute atomic E-state index is 14.5. The normalized spacial score (nSPS) is 24.6. The molecule has 1 spiro atoms. The predicted molar refractivity (Wildman–Crippen MR) is 215 cm³/mol. The maximum Gasteiger partial charge on any atom is 0.410 e. The van der Waals surface area contributed by atoms with E-state index in [1.807, 2.05) is 48.5 Å². The predicted octanol–water partition coefficient (Wildman–Crippen LogP) is 5.61. The van der Waals surface area contributed by atoms with E-state index < -0.39 is 21.6 Å². The van der Waals surface area contributed by atoms with E-state index in [1.54, 1.807) is 24.6 Å². The Labute approximate surface area is 337 Å². The molecule has 3 atom stereocenters. The van der Waals surface area contributed by atoms with Crippen LogP contribution < -0.4 is 9.64 Å². The zero-order chi connectivity index (χ0) is 40.9. The number of halogens is 1. The number of ether oxygens (including phenoxy) is 2. The fourth-order valence-corrected chi connectivity index (χ4v) is 11.6. The number of carbonyl (C=O) groups excluding carboxylic acids is 2. The van der Waals surface area contributed by atoms with Gasteiger partial charge in [0.25, 0.3) is 16.1 Å². The molecule has 5 aliphatic rings. The molecule has 5 saturated heterocycles. The summed E-state index contributed by atoms with van der Waals surface area (Å²) in [4.78, 5) is 43.4. The van der Waals surface area contributed by atoms with Gasteiger partial charge < -0.3 is 29.1 Å². The van der Waals surface area contributed by atoms with Gasteiger partial charge in [-0.25, -0.2) is 19.2 Å². The molecule has 1 aromatic heterocycles. The molecule has 0 aliphatic carbocycles. The van der Waals surface area contributed by atoms with Crippen molar-refractivity contribution in [1.29, 1.82) is 0 Å². The first-order valence-electron chi connectivity index (χ1n) is 20.8. The third-order valence-corrected chi connectivity index (χ3v) is 14.7. The third-order valence-electron chi connectivity index (χ3n) is 12.6. The van der Waals surface area contributed by atoms with Crippen LogP contribution in [-0.4, -0.2) is 142 Å². The average molecular weight is 813 g/mol. The zero-order valence-electron chi connectivity index (χ0n) is 34.7. The van der Waals surface area contributed by atoms with Crippen LogP contribution in [0.15, 0.2) is 30.7 Å². The van der Waals surface area contributed by atoms with Crippen molar-refractivity contribution in [3.63, 3.8) is 0 Å². The van der Waals surface area contributed by atoms with Gasteiger partial charge in [0, 0.05) is 63.9 Å². The first-order chi connectivity index (χ1) is 26.9. The van der Waals surface area contributed by atoms with Crippen molar-refractivity contribution in [1.82, 2.24) is 33.3 Å². The van der Waals surface area contributed by atoms with E-state index in [4.69, 9.17) is 9.47 Å². The number of hydrogen-bond donors (Lipinski definition) is 0. The minimum absolute atomic E-state index is 0.0777. The number of carbonyl (C=O) groups is 2. The lowest BCUT2D eigenvalue weighted by Crippen LogP contribution is -2.57. The number of hydrogen-bond acceptors (Lipinski definition) is 10. The molecule has 1 aromatic carbocycles. The van der Waals surface area contributed by atoms with Crippen LogP contribution in [0.1, 0.15) is 97.3 Å². The topological polar surface area (TPSA) is 132 Å². The molecule has 16 heteroatoms. The second kappa shape index (κ2) is 16.2. The van der Waals surface area contributed by atoms with E-state index in [2.05, 4.69) is 19.8 Å². The van der Waals surface area contributed by atoms with E-state index in [0.29, 0.717) is 50.1 Å². The fraction of sp³-hybridized carbons (Fsp3) is 0.707. The number of aromatic nitrogens is 2. The standard InChI is InChI=1S/C41H61FN8O6S/c1-28(2)50(29(3)4)38(51)34-20-31(42)8-9-35(34)55-36-22-43-27-44-37(36)46-15-10-30(24-46)23-45-16-11-41(12-17-45)13-18-47(19-14-41)57(53,54)49-26-32-21-33(49)25-48(32)39(52)56-40(5,6)7/h8-9,20,22,27-30,32-33H,10-19,21,23-26H2,1-7H3/t30-,32+,33+/m0/s1. The second-order valence-electron chi connectivity index (χ2n) is 18.4. The zero-order valence-corrected chi connectivity index (χ0v) is 35.5. The minimum atomic E-state index is -3.60. The van der Waals surface area contributed by atoms with E-state index in [-0.39, 0.29) is 52.9 Å². The first kappa shape index (κ1) is 41.6. The molecule has 314 valence electrons. The van der Waals surface area contributed by atoms with Gasteiger partial charge in [-0.3, -0.25) is 4.79 Å². The average Bonchev–Trinajstić information content (AvgIpc) is 3.90. The Bertz CT molecular complexity index is 1880. The van der Waals surface area contributed by atoms with Crippen LogP contribution in [0.3, 0.4) is 0 Å². The summed E-state index contributed by atoms with van der Waals surface area (Å²) >= 11 is 0. The van der Waals surface area contributed by atoms with Gasteiger partial charge in [-0.2, -0.15) is 17.0 Å². The van der Waals surface area contributed by atoms with E-state index in [9.17, 15) is 22.4 Å². The van der Waals surface area contributed by atoms with Crippen LogP contribution in [0.5, 0.6) is 11.5 Å². The lowest BCUT2D eigenvalue weighted by molar-refractivity contribution is 0.0165. The molecule has 2 bridgehead atoms. The number of likely N-dealkylation sites (tertiary alicyclic amines) is 2.